The highest BCUT2D eigenvalue weighted by Gasteiger charge is 2.32. The minimum Gasteiger partial charge on any atom is -0.506 e. The van der Waals surface area contributed by atoms with Crippen LogP contribution in [-0.2, 0) is 16.8 Å². The lowest BCUT2D eigenvalue weighted by molar-refractivity contribution is -0.130. The maximum absolute atomic E-state index is 13.1. The Hall–Kier alpha value is -3.29. The monoisotopic (exact) mass is 467 g/mol. The van der Waals surface area contributed by atoms with Gasteiger partial charge in [-0.1, -0.05) is 27.4 Å². The number of nitrogens with one attached hydrogen (secondary N) is 2. The minimum absolute atomic E-state index is 0.00994. The first-order valence-electron chi connectivity index (χ1n) is 11.7. The van der Waals surface area contributed by atoms with Gasteiger partial charge in [-0.3, -0.25) is 9.59 Å². The summed E-state index contributed by atoms with van der Waals surface area (Å²) in [7, 11) is 0. The molecule has 1 aromatic heterocycles. The number of anilines is 1. The molecule has 0 saturated carbocycles. The smallest absolute Gasteiger partial charge is 0.270 e. The van der Waals surface area contributed by atoms with Crippen molar-refractivity contribution < 1.29 is 14.7 Å². The van der Waals surface area contributed by atoms with E-state index in [1.54, 1.807) is 11.0 Å². The average Bonchev–Trinajstić information content (AvgIpc) is 3.04. The summed E-state index contributed by atoms with van der Waals surface area (Å²) in [5.74, 6) is 0.573. The second-order valence-electron chi connectivity index (χ2n) is 10.3. The summed E-state index contributed by atoms with van der Waals surface area (Å²) in [6.45, 7) is 19.1. The van der Waals surface area contributed by atoms with Gasteiger partial charge in [0, 0.05) is 19.1 Å². The predicted octanol–water partition coefficient (Wildman–Crippen LogP) is 3.82. The zero-order valence-corrected chi connectivity index (χ0v) is 21.3. The molecule has 2 amide bonds. The quantitative estimate of drug-likeness (QED) is 0.425. The normalized spacial score (nSPS) is 14.2. The van der Waals surface area contributed by atoms with Gasteiger partial charge in [-0.2, -0.15) is 0 Å². The maximum atomic E-state index is 13.1. The number of rotatable bonds is 7. The molecule has 0 spiro atoms. The number of hydrogen-bond donors (Lipinski definition) is 3. The number of aromatic nitrogens is 2. The molecule has 1 aromatic carbocycles. The summed E-state index contributed by atoms with van der Waals surface area (Å²) in [5, 5.41) is 16.8. The van der Waals surface area contributed by atoms with E-state index in [4.69, 9.17) is 0 Å². The Balaban J connectivity index is 1.80. The lowest BCUT2D eigenvalue weighted by atomic mass is 9.83. The molecule has 8 heteroatoms. The predicted molar refractivity (Wildman–Crippen MR) is 134 cm³/mol. The van der Waals surface area contributed by atoms with Crippen molar-refractivity contribution in [2.45, 2.75) is 72.5 Å². The molecule has 1 aliphatic rings. The van der Waals surface area contributed by atoms with Crippen molar-refractivity contribution in [1.29, 1.82) is 0 Å². The number of amides is 2. The highest BCUT2D eigenvalue weighted by Crippen LogP contribution is 2.34. The van der Waals surface area contributed by atoms with Gasteiger partial charge in [-0.15, -0.1) is 0 Å². The number of nitrogens with zero attached hydrogens (tertiary/aromatic N) is 3. The van der Waals surface area contributed by atoms with Gasteiger partial charge in [0.25, 0.3) is 5.91 Å². The Morgan fingerprint density at radius 1 is 1.26 bits per heavy atom. The SMILES string of the molecule is C=CC(=O)N1CC(NC(=O)c2c(C)nc(CNc3cc(C(C)(C)C)c(C)cc3O)n2C(C)C)C1. The summed E-state index contributed by atoms with van der Waals surface area (Å²) in [4.78, 5) is 31.1. The Labute approximate surface area is 202 Å². The summed E-state index contributed by atoms with van der Waals surface area (Å²) in [6, 6.07) is 3.69. The average molecular weight is 468 g/mol. The highest BCUT2D eigenvalue weighted by molar-refractivity contribution is 5.94. The molecule has 0 aliphatic carbocycles. The van der Waals surface area contributed by atoms with E-state index in [-0.39, 0.29) is 35.1 Å². The molecular formula is C26H37N5O3. The molecule has 1 saturated heterocycles. The van der Waals surface area contributed by atoms with E-state index in [1.165, 1.54) is 6.08 Å². The highest BCUT2D eigenvalue weighted by atomic mass is 16.3. The van der Waals surface area contributed by atoms with E-state index in [0.717, 1.165) is 11.1 Å². The van der Waals surface area contributed by atoms with Crippen molar-refractivity contribution in [2.24, 2.45) is 0 Å². The van der Waals surface area contributed by atoms with Crippen molar-refractivity contribution in [1.82, 2.24) is 19.8 Å². The largest absolute Gasteiger partial charge is 0.506 e. The van der Waals surface area contributed by atoms with Crippen LogP contribution in [0.15, 0.2) is 24.8 Å². The fraction of sp³-hybridized carbons (Fsp3) is 0.500. The van der Waals surface area contributed by atoms with E-state index in [0.29, 0.717) is 42.5 Å². The fourth-order valence-corrected chi connectivity index (χ4v) is 4.51. The van der Waals surface area contributed by atoms with Crippen LogP contribution < -0.4 is 10.6 Å². The molecule has 0 unspecified atom stereocenters. The van der Waals surface area contributed by atoms with Crippen molar-refractivity contribution in [2.75, 3.05) is 18.4 Å². The number of carbonyl (C=O) groups excluding carboxylic acids is 2. The number of likely N-dealkylation sites (tertiary alicyclic amines) is 1. The third-order valence-corrected chi connectivity index (χ3v) is 6.18. The van der Waals surface area contributed by atoms with Gasteiger partial charge in [-0.05, 0) is 62.4 Å². The number of aryl methyl sites for hydroxylation is 2. The van der Waals surface area contributed by atoms with Crippen LogP contribution in [0.2, 0.25) is 0 Å². The van der Waals surface area contributed by atoms with Crippen LogP contribution in [-0.4, -0.2) is 50.5 Å². The number of aromatic hydroxyl groups is 1. The van der Waals surface area contributed by atoms with Gasteiger partial charge in [0.2, 0.25) is 5.91 Å². The molecule has 34 heavy (non-hydrogen) atoms. The lowest BCUT2D eigenvalue weighted by Gasteiger charge is -2.39. The van der Waals surface area contributed by atoms with Crippen molar-refractivity contribution in [3.63, 3.8) is 0 Å². The summed E-state index contributed by atoms with van der Waals surface area (Å²) in [6.07, 6.45) is 1.28. The molecule has 3 N–H and O–H groups in total. The molecular weight excluding hydrogens is 430 g/mol. The molecule has 3 rings (SSSR count). The molecule has 2 aromatic rings. The molecule has 184 valence electrons. The number of hydrogen-bond acceptors (Lipinski definition) is 5. The molecule has 2 heterocycles. The number of imidazole rings is 1. The number of phenolic OH excluding ortho intramolecular Hbond substituents is 1. The van der Waals surface area contributed by atoms with E-state index in [2.05, 4.69) is 43.0 Å². The van der Waals surface area contributed by atoms with Crippen LogP contribution in [0.4, 0.5) is 5.69 Å². The molecule has 8 nitrogen and oxygen atoms in total. The van der Waals surface area contributed by atoms with Gasteiger partial charge in [0.05, 0.1) is 24.0 Å². The van der Waals surface area contributed by atoms with Crippen molar-refractivity contribution in [3.8, 4) is 5.75 Å². The Bertz CT molecular complexity index is 1100. The van der Waals surface area contributed by atoms with Crippen LogP contribution in [0.1, 0.15) is 73.8 Å². The van der Waals surface area contributed by atoms with Gasteiger partial charge in [0.1, 0.15) is 17.3 Å². The second-order valence-corrected chi connectivity index (χ2v) is 10.3. The first-order chi connectivity index (χ1) is 15.8. The topological polar surface area (TPSA) is 99.5 Å². The molecule has 0 bridgehead atoms. The number of benzene rings is 1. The summed E-state index contributed by atoms with van der Waals surface area (Å²) >= 11 is 0. The van der Waals surface area contributed by atoms with Crippen LogP contribution in [0.25, 0.3) is 0 Å². The van der Waals surface area contributed by atoms with Gasteiger partial charge >= 0.3 is 0 Å². The maximum Gasteiger partial charge on any atom is 0.270 e. The zero-order valence-electron chi connectivity index (χ0n) is 21.3. The second kappa shape index (κ2) is 9.52. The van der Waals surface area contributed by atoms with E-state index in [9.17, 15) is 14.7 Å². The molecule has 0 radical (unpaired) electrons. The summed E-state index contributed by atoms with van der Waals surface area (Å²) < 4.78 is 1.93. The third-order valence-electron chi connectivity index (χ3n) is 6.18. The number of phenols is 1. The van der Waals surface area contributed by atoms with E-state index < -0.39 is 0 Å². The lowest BCUT2D eigenvalue weighted by Crippen LogP contribution is -2.60. The first kappa shape index (κ1) is 25.3. The van der Waals surface area contributed by atoms with Crippen LogP contribution in [0.3, 0.4) is 0 Å². The van der Waals surface area contributed by atoms with Crippen LogP contribution in [0, 0.1) is 13.8 Å². The Morgan fingerprint density at radius 2 is 1.91 bits per heavy atom. The Kier molecular flexibility index (Phi) is 7.10. The minimum atomic E-state index is -0.200. The van der Waals surface area contributed by atoms with Gasteiger partial charge < -0.3 is 25.2 Å². The first-order valence-corrected chi connectivity index (χ1v) is 11.7. The number of carbonyl (C=O) groups is 2. The van der Waals surface area contributed by atoms with Gasteiger partial charge in [0.15, 0.2) is 0 Å². The van der Waals surface area contributed by atoms with E-state index >= 15 is 0 Å². The standard InChI is InChI=1S/C26H37N5O3/c1-9-23(33)30-13-18(14-30)29-25(34)24-17(5)28-22(31(24)15(2)3)12-27-20-11-19(26(6,7)8)16(4)10-21(20)32/h9-11,15,18,27,32H,1,12-14H2,2-8H3,(H,29,34). The zero-order chi connectivity index (χ0) is 25.4. The summed E-state index contributed by atoms with van der Waals surface area (Å²) in [5.41, 5.74) is 3.94. The Morgan fingerprint density at radius 3 is 2.47 bits per heavy atom. The molecule has 0 atom stereocenters. The molecule has 1 fully saturated rings. The molecule has 1 aliphatic heterocycles. The third kappa shape index (κ3) is 5.11. The van der Waals surface area contributed by atoms with E-state index in [1.807, 2.05) is 38.3 Å². The fourth-order valence-electron chi connectivity index (χ4n) is 4.51. The van der Waals surface area contributed by atoms with Crippen molar-refractivity contribution >= 4 is 17.5 Å². The van der Waals surface area contributed by atoms with Crippen LogP contribution in [0.5, 0.6) is 5.75 Å². The van der Waals surface area contributed by atoms with Crippen LogP contribution >= 0.6 is 0 Å². The van der Waals surface area contributed by atoms with Gasteiger partial charge in [-0.25, -0.2) is 4.98 Å². The van der Waals surface area contributed by atoms with Crippen molar-refractivity contribution in [3.05, 3.63) is 53.1 Å².